The molecule has 0 aliphatic rings. The molecule has 0 saturated carbocycles. The Labute approximate surface area is 93.9 Å². The highest BCUT2D eigenvalue weighted by molar-refractivity contribution is 6.30. The molecule has 0 amide bonds. The highest BCUT2D eigenvalue weighted by atomic mass is 35.5. The number of hydrogen-bond acceptors (Lipinski definition) is 3. The summed E-state index contributed by atoms with van der Waals surface area (Å²) in [6, 6.07) is 6.49. The molecule has 1 aromatic carbocycles. The van der Waals surface area contributed by atoms with Gasteiger partial charge in [-0.05, 0) is 45.0 Å². The van der Waals surface area contributed by atoms with Gasteiger partial charge in [0.15, 0.2) is 0 Å². The van der Waals surface area contributed by atoms with Crippen molar-refractivity contribution in [3.63, 3.8) is 0 Å². The fraction of sp³-hybridized carbons (Fsp3) is 0.364. The highest BCUT2D eigenvalue weighted by Crippen LogP contribution is 2.17. The van der Waals surface area contributed by atoms with Crippen molar-refractivity contribution in [1.29, 1.82) is 0 Å². The average Bonchev–Trinajstić information content (AvgIpc) is 2.05. The quantitative estimate of drug-likeness (QED) is 0.544. The maximum atomic E-state index is 11.2. The molecule has 1 aromatic rings. The van der Waals surface area contributed by atoms with E-state index in [-0.39, 0.29) is 0 Å². The Kier molecular flexibility index (Phi) is 3.58. The molecule has 0 saturated heterocycles. The highest BCUT2D eigenvalue weighted by Gasteiger charge is 2.17. The average molecular weight is 229 g/mol. The minimum atomic E-state index is -0.718. The topological polar surface area (TPSA) is 35.5 Å². The molecule has 0 aromatic heterocycles. The number of ether oxygens (including phenoxy) is 2. The molecule has 0 fully saturated rings. The van der Waals surface area contributed by atoms with E-state index in [0.29, 0.717) is 10.8 Å². The number of rotatable bonds is 1. The monoisotopic (exact) mass is 228 g/mol. The summed E-state index contributed by atoms with van der Waals surface area (Å²) < 4.78 is 9.90. The molecule has 0 aliphatic carbocycles. The predicted molar refractivity (Wildman–Crippen MR) is 58.3 cm³/mol. The first-order chi connectivity index (χ1) is 6.87. The Balaban J connectivity index is 2.55. The fourth-order valence-electron chi connectivity index (χ4n) is 0.870. The van der Waals surface area contributed by atoms with Crippen molar-refractivity contribution in [3.8, 4) is 5.75 Å². The van der Waals surface area contributed by atoms with Crippen LogP contribution in [-0.2, 0) is 4.74 Å². The van der Waals surface area contributed by atoms with Crippen LogP contribution in [0.5, 0.6) is 5.75 Å². The van der Waals surface area contributed by atoms with Gasteiger partial charge in [-0.1, -0.05) is 11.6 Å². The molecule has 0 spiro atoms. The maximum absolute atomic E-state index is 11.2. The zero-order valence-corrected chi connectivity index (χ0v) is 9.67. The summed E-state index contributed by atoms with van der Waals surface area (Å²) in [5.41, 5.74) is -0.552. The van der Waals surface area contributed by atoms with Crippen molar-refractivity contribution in [2.45, 2.75) is 26.4 Å². The molecule has 3 nitrogen and oxygen atoms in total. The second-order valence-electron chi connectivity index (χ2n) is 4.02. The zero-order chi connectivity index (χ0) is 11.5. The number of halogens is 1. The third-order valence-corrected chi connectivity index (χ3v) is 1.66. The van der Waals surface area contributed by atoms with E-state index >= 15 is 0 Å². The van der Waals surface area contributed by atoms with Crippen LogP contribution in [0.15, 0.2) is 24.3 Å². The Hall–Kier alpha value is -1.22. The molecule has 0 unspecified atom stereocenters. The molecular weight excluding hydrogens is 216 g/mol. The van der Waals surface area contributed by atoms with Gasteiger partial charge in [0.2, 0.25) is 0 Å². The van der Waals surface area contributed by atoms with E-state index < -0.39 is 11.8 Å². The summed E-state index contributed by atoms with van der Waals surface area (Å²) in [5.74, 6) is 0.411. The van der Waals surface area contributed by atoms with Gasteiger partial charge in [0.05, 0.1) is 0 Å². The van der Waals surface area contributed by atoms with E-state index in [1.165, 1.54) is 0 Å². The summed E-state index contributed by atoms with van der Waals surface area (Å²) in [6.45, 7) is 5.32. The molecule has 0 aliphatic heterocycles. The molecule has 0 bridgehead atoms. The SMILES string of the molecule is CC(C)(C)OC(=O)Oc1ccc(Cl)cc1. The van der Waals surface area contributed by atoms with Crippen LogP contribution < -0.4 is 4.74 Å². The van der Waals surface area contributed by atoms with Gasteiger partial charge in [-0.25, -0.2) is 4.79 Å². The normalized spacial score (nSPS) is 10.9. The van der Waals surface area contributed by atoms with Gasteiger partial charge in [0, 0.05) is 5.02 Å². The Morgan fingerprint density at radius 2 is 1.73 bits per heavy atom. The molecule has 15 heavy (non-hydrogen) atoms. The lowest BCUT2D eigenvalue weighted by molar-refractivity contribution is 0.0206. The van der Waals surface area contributed by atoms with Crippen LogP contribution in [0.1, 0.15) is 20.8 Å². The molecule has 0 heterocycles. The van der Waals surface area contributed by atoms with Gasteiger partial charge in [0.25, 0.3) is 0 Å². The van der Waals surface area contributed by atoms with Crippen molar-refractivity contribution in [3.05, 3.63) is 29.3 Å². The molecule has 1 rings (SSSR count). The van der Waals surface area contributed by atoms with E-state index in [2.05, 4.69) is 0 Å². The van der Waals surface area contributed by atoms with Crippen molar-refractivity contribution in [1.82, 2.24) is 0 Å². The molecule has 0 N–H and O–H groups in total. The lowest BCUT2D eigenvalue weighted by Crippen LogP contribution is -2.25. The van der Waals surface area contributed by atoms with E-state index in [1.807, 2.05) is 0 Å². The van der Waals surface area contributed by atoms with Gasteiger partial charge in [-0.2, -0.15) is 0 Å². The van der Waals surface area contributed by atoms with Crippen LogP contribution >= 0.6 is 11.6 Å². The van der Waals surface area contributed by atoms with Crippen molar-refractivity contribution in [2.75, 3.05) is 0 Å². The number of carbonyl (C=O) groups is 1. The Bertz CT molecular complexity index is 338. The first-order valence-corrected chi connectivity index (χ1v) is 4.91. The van der Waals surface area contributed by atoms with Crippen LogP contribution in [0, 0.1) is 0 Å². The summed E-state index contributed by atoms with van der Waals surface area (Å²) in [4.78, 5) is 11.2. The van der Waals surface area contributed by atoms with Crippen LogP contribution in [0.25, 0.3) is 0 Å². The maximum Gasteiger partial charge on any atom is 0.514 e. The first kappa shape index (κ1) is 11.9. The van der Waals surface area contributed by atoms with Crippen molar-refractivity contribution < 1.29 is 14.3 Å². The summed E-state index contributed by atoms with van der Waals surface area (Å²) in [7, 11) is 0. The van der Waals surface area contributed by atoms with Gasteiger partial charge in [0.1, 0.15) is 11.4 Å². The summed E-state index contributed by atoms with van der Waals surface area (Å²) in [6.07, 6.45) is -0.718. The van der Waals surface area contributed by atoms with E-state index in [0.717, 1.165) is 0 Å². The second kappa shape index (κ2) is 4.53. The van der Waals surface area contributed by atoms with Gasteiger partial charge >= 0.3 is 6.16 Å². The zero-order valence-electron chi connectivity index (χ0n) is 8.91. The molecular formula is C11H13ClO3. The standard InChI is InChI=1S/C11H13ClO3/c1-11(2,3)15-10(13)14-9-6-4-8(12)5-7-9/h4-7H,1-3H3. The summed E-state index contributed by atoms with van der Waals surface area (Å²) >= 11 is 5.68. The fourth-order valence-corrected chi connectivity index (χ4v) is 0.996. The second-order valence-corrected chi connectivity index (χ2v) is 4.46. The molecule has 82 valence electrons. The predicted octanol–water partition coefficient (Wildman–Crippen LogP) is 3.65. The molecule has 4 heteroatoms. The van der Waals surface area contributed by atoms with Crippen LogP contribution in [0.4, 0.5) is 4.79 Å². The Morgan fingerprint density at radius 1 is 1.20 bits per heavy atom. The molecule has 0 radical (unpaired) electrons. The van der Waals surface area contributed by atoms with Gasteiger partial charge < -0.3 is 9.47 Å². The lowest BCUT2D eigenvalue weighted by atomic mass is 10.2. The van der Waals surface area contributed by atoms with E-state index in [9.17, 15) is 4.79 Å². The number of carbonyl (C=O) groups excluding carboxylic acids is 1. The minimum absolute atomic E-state index is 0.411. The number of hydrogen-bond donors (Lipinski definition) is 0. The van der Waals surface area contributed by atoms with E-state index in [1.54, 1.807) is 45.0 Å². The van der Waals surface area contributed by atoms with Crippen LogP contribution in [-0.4, -0.2) is 11.8 Å². The third kappa shape index (κ3) is 4.70. The Morgan fingerprint density at radius 3 is 2.20 bits per heavy atom. The lowest BCUT2D eigenvalue weighted by Gasteiger charge is -2.18. The molecule has 0 atom stereocenters. The number of benzene rings is 1. The third-order valence-electron chi connectivity index (χ3n) is 1.40. The minimum Gasteiger partial charge on any atom is -0.428 e. The summed E-state index contributed by atoms with van der Waals surface area (Å²) in [5, 5.41) is 0.589. The largest absolute Gasteiger partial charge is 0.514 e. The van der Waals surface area contributed by atoms with Crippen molar-refractivity contribution >= 4 is 17.8 Å². The van der Waals surface area contributed by atoms with Crippen LogP contribution in [0.2, 0.25) is 5.02 Å². The van der Waals surface area contributed by atoms with E-state index in [4.69, 9.17) is 21.1 Å². The van der Waals surface area contributed by atoms with Crippen LogP contribution in [0.3, 0.4) is 0 Å². The first-order valence-electron chi connectivity index (χ1n) is 4.53. The van der Waals surface area contributed by atoms with Gasteiger partial charge in [-0.3, -0.25) is 0 Å². The van der Waals surface area contributed by atoms with Crippen molar-refractivity contribution in [2.24, 2.45) is 0 Å². The van der Waals surface area contributed by atoms with Gasteiger partial charge in [-0.15, -0.1) is 0 Å². The smallest absolute Gasteiger partial charge is 0.428 e.